The Kier molecular flexibility index (Phi) is 5.39. The molecule has 6 heteroatoms. The maximum Gasteiger partial charge on any atom is 0.343 e. The number of nitrogens with one attached hydrogen (secondary N) is 1. The summed E-state index contributed by atoms with van der Waals surface area (Å²) in [5.41, 5.74) is -1.33. The molecule has 2 N–H and O–H groups in total. The van der Waals surface area contributed by atoms with Gasteiger partial charge in [0.15, 0.2) is 5.60 Å². The molecule has 0 aromatic heterocycles. The van der Waals surface area contributed by atoms with E-state index < -0.39 is 30.0 Å². The van der Waals surface area contributed by atoms with Gasteiger partial charge in [-0.15, -0.1) is 0 Å². The van der Waals surface area contributed by atoms with E-state index in [1.165, 1.54) is 0 Å². The molecule has 1 aliphatic carbocycles. The van der Waals surface area contributed by atoms with Crippen LogP contribution in [0.5, 0.6) is 0 Å². The molecule has 0 radical (unpaired) electrons. The second-order valence-electron chi connectivity index (χ2n) is 7.25. The molecular formula is C19H25F2NO3. The number of carbonyl (C=O) groups excluding carboxylic acids is 1. The predicted molar refractivity (Wildman–Crippen MR) is 89.2 cm³/mol. The third kappa shape index (κ3) is 4.36. The zero-order chi connectivity index (χ0) is 17.9. The van der Waals surface area contributed by atoms with Crippen molar-refractivity contribution in [2.24, 2.45) is 5.92 Å². The van der Waals surface area contributed by atoms with Crippen LogP contribution in [0.15, 0.2) is 30.3 Å². The molecule has 1 aromatic rings. The number of ether oxygens (including phenoxy) is 1. The summed E-state index contributed by atoms with van der Waals surface area (Å²) in [4.78, 5) is 12.8. The molecule has 1 aliphatic heterocycles. The van der Waals surface area contributed by atoms with Crippen molar-refractivity contribution in [3.8, 4) is 0 Å². The third-order valence-corrected chi connectivity index (χ3v) is 5.26. The largest absolute Gasteiger partial charge is 0.460 e. The summed E-state index contributed by atoms with van der Waals surface area (Å²) < 4.78 is 32.1. The topological polar surface area (TPSA) is 58.6 Å². The second-order valence-corrected chi connectivity index (χ2v) is 7.25. The van der Waals surface area contributed by atoms with Gasteiger partial charge in [0.25, 0.3) is 5.92 Å². The molecule has 3 rings (SSSR count). The first-order valence-electron chi connectivity index (χ1n) is 8.97. The van der Waals surface area contributed by atoms with Crippen LogP contribution in [-0.4, -0.2) is 36.2 Å². The Morgan fingerprint density at radius 3 is 2.52 bits per heavy atom. The van der Waals surface area contributed by atoms with Crippen LogP contribution in [0.1, 0.15) is 44.1 Å². The van der Waals surface area contributed by atoms with Crippen LogP contribution in [0.3, 0.4) is 0 Å². The summed E-state index contributed by atoms with van der Waals surface area (Å²) >= 11 is 0. The maximum absolute atomic E-state index is 13.4. The van der Waals surface area contributed by atoms with Gasteiger partial charge in [-0.2, -0.15) is 0 Å². The van der Waals surface area contributed by atoms with Gasteiger partial charge in [-0.1, -0.05) is 30.3 Å². The van der Waals surface area contributed by atoms with Crippen LogP contribution in [0.4, 0.5) is 8.78 Å². The number of piperidine rings is 1. The number of esters is 1. The number of hydrogen-bond acceptors (Lipinski definition) is 4. The lowest BCUT2D eigenvalue weighted by Crippen LogP contribution is -2.42. The Morgan fingerprint density at radius 1 is 1.24 bits per heavy atom. The van der Waals surface area contributed by atoms with Gasteiger partial charge in [-0.25, -0.2) is 13.6 Å². The summed E-state index contributed by atoms with van der Waals surface area (Å²) in [6.07, 6.45) is 0.552. The van der Waals surface area contributed by atoms with Gasteiger partial charge >= 0.3 is 5.97 Å². The van der Waals surface area contributed by atoms with Gasteiger partial charge in [0, 0.05) is 12.8 Å². The zero-order valence-corrected chi connectivity index (χ0v) is 14.2. The van der Waals surface area contributed by atoms with Crippen molar-refractivity contribution in [2.45, 2.75) is 56.2 Å². The standard InChI is InChI=1S/C19H25F2NO3/c20-18(21)9-6-16(13-18)25-17(23)19(24,15-4-2-1-3-5-15)12-14-7-10-22-11-8-14/h1-5,14,16,22,24H,6-13H2/t16-,19-/m1/s1. The highest BCUT2D eigenvalue weighted by molar-refractivity contribution is 5.81. The molecule has 2 aliphatic rings. The molecule has 2 fully saturated rings. The first-order chi connectivity index (χ1) is 11.9. The van der Waals surface area contributed by atoms with E-state index in [0.29, 0.717) is 5.56 Å². The Hall–Kier alpha value is -1.53. The van der Waals surface area contributed by atoms with E-state index in [1.807, 2.05) is 0 Å². The van der Waals surface area contributed by atoms with Gasteiger partial charge < -0.3 is 15.2 Å². The zero-order valence-electron chi connectivity index (χ0n) is 14.2. The van der Waals surface area contributed by atoms with Crippen molar-refractivity contribution in [1.29, 1.82) is 0 Å². The highest BCUT2D eigenvalue weighted by atomic mass is 19.3. The van der Waals surface area contributed by atoms with Crippen LogP contribution >= 0.6 is 0 Å². The summed E-state index contributed by atoms with van der Waals surface area (Å²) in [6.45, 7) is 1.69. The Morgan fingerprint density at radius 2 is 1.92 bits per heavy atom. The quantitative estimate of drug-likeness (QED) is 0.799. The molecule has 2 atom stereocenters. The van der Waals surface area contributed by atoms with Crippen LogP contribution in [0.2, 0.25) is 0 Å². The highest BCUT2D eigenvalue weighted by Crippen LogP contribution is 2.39. The van der Waals surface area contributed by atoms with E-state index in [1.54, 1.807) is 30.3 Å². The van der Waals surface area contributed by atoms with Crippen LogP contribution in [0, 0.1) is 5.92 Å². The number of alkyl halides is 2. The molecule has 25 heavy (non-hydrogen) atoms. The fourth-order valence-electron chi connectivity index (χ4n) is 3.80. The number of carbonyl (C=O) groups is 1. The number of rotatable bonds is 5. The highest BCUT2D eigenvalue weighted by Gasteiger charge is 2.46. The number of benzene rings is 1. The monoisotopic (exact) mass is 353 g/mol. The lowest BCUT2D eigenvalue weighted by molar-refractivity contribution is -0.175. The van der Waals surface area contributed by atoms with Gasteiger partial charge in [0.2, 0.25) is 0 Å². The normalized spacial score (nSPS) is 26.1. The second kappa shape index (κ2) is 7.38. The summed E-state index contributed by atoms with van der Waals surface area (Å²) in [5.74, 6) is -3.41. The van der Waals surface area contributed by atoms with Gasteiger partial charge in [0.1, 0.15) is 6.10 Å². The molecule has 1 heterocycles. The molecule has 1 saturated heterocycles. The Labute approximate surface area is 146 Å². The van der Waals surface area contributed by atoms with Gasteiger partial charge in [-0.3, -0.25) is 0 Å². The maximum atomic E-state index is 13.4. The lowest BCUT2D eigenvalue weighted by atomic mass is 9.81. The molecule has 1 saturated carbocycles. The van der Waals surface area contributed by atoms with E-state index in [9.17, 15) is 18.7 Å². The molecule has 0 spiro atoms. The Balaban J connectivity index is 1.76. The molecule has 1 aromatic carbocycles. The molecular weight excluding hydrogens is 328 g/mol. The Bertz CT molecular complexity index is 590. The average molecular weight is 353 g/mol. The minimum absolute atomic E-state index is 0.136. The lowest BCUT2D eigenvalue weighted by Gasteiger charge is -2.33. The molecule has 138 valence electrons. The first kappa shape index (κ1) is 18.3. The van der Waals surface area contributed by atoms with Crippen LogP contribution in [0.25, 0.3) is 0 Å². The smallest absolute Gasteiger partial charge is 0.343 e. The SMILES string of the molecule is O=C(O[C@@H]1CCC(F)(F)C1)[C@@](O)(CC1CCNCC1)c1ccccc1. The van der Waals surface area contributed by atoms with E-state index in [2.05, 4.69) is 5.32 Å². The van der Waals surface area contributed by atoms with Crippen molar-refractivity contribution >= 4 is 5.97 Å². The molecule has 0 bridgehead atoms. The van der Waals surface area contributed by atoms with Crippen LogP contribution in [-0.2, 0) is 15.1 Å². The average Bonchev–Trinajstić information content (AvgIpc) is 2.95. The third-order valence-electron chi connectivity index (χ3n) is 5.26. The summed E-state index contributed by atoms with van der Waals surface area (Å²) in [6, 6.07) is 8.67. The fraction of sp³-hybridized carbons (Fsp3) is 0.632. The van der Waals surface area contributed by atoms with E-state index in [0.717, 1.165) is 25.9 Å². The van der Waals surface area contributed by atoms with Gasteiger partial charge in [-0.05, 0) is 50.3 Å². The first-order valence-corrected chi connectivity index (χ1v) is 8.97. The fourth-order valence-corrected chi connectivity index (χ4v) is 3.80. The molecule has 0 unspecified atom stereocenters. The van der Waals surface area contributed by atoms with E-state index in [-0.39, 0.29) is 25.2 Å². The number of halogens is 2. The predicted octanol–water partition coefficient (Wildman–Crippen LogP) is 2.99. The molecule has 4 nitrogen and oxygen atoms in total. The van der Waals surface area contributed by atoms with E-state index >= 15 is 0 Å². The summed E-state index contributed by atoms with van der Waals surface area (Å²) in [7, 11) is 0. The van der Waals surface area contributed by atoms with Crippen molar-refractivity contribution in [3.05, 3.63) is 35.9 Å². The van der Waals surface area contributed by atoms with Gasteiger partial charge in [0.05, 0.1) is 0 Å². The number of aliphatic hydroxyl groups is 1. The molecule has 0 amide bonds. The van der Waals surface area contributed by atoms with Crippen molar-refractivity contribution in [2.75, 3.05) is 13.1 Å². The number of hydrogen-bond donors (Lipinski definition) is 2. The minimum atomic E-state index is -2.79. The minimum Gasteiger partial charge on any atom is -0.460 e. The van der Waals surface area contributed by atoms with Crippen molar-refractivity contribution < 1.29 is 23.4 Å². The van der Waals surface area contributed by atoms with E-state index in [4.69, 9.17) is 4.74 Å². The van der Waals surface area contributed by atoms with Crippen LogP contribution < -0.4 is 5.32 Å². The van der Waals surface area contributed by atoms with Crippen molar-refractivity contribution in [1.82, 2.24) is 5.32 Å². The van der Waals surface area contributed by atoms with Crippen molar-refractivity contribution in [3.63, 3.8) is 0 Å². The summed E-state index contributed by atoms with van der Waals surface area (Å²) in [5, 5.41) is 14.5.